The number of hydrogen-bond acceptors (Lipinski definition) is 8. The zero-order chi connectivity index (χ0) is 28.1. The standard InChI is InChI=1S/C32H18N4O4/c1-19-13-31(33-15-37,34-16-38)25-7-3-5-21-9-11-23(27(19)29(21)25)24-12-10-22-6-4-8-26-30(22)28(24)20(2)14-32(26,35-17-39)36-18-40/h3-14H,1-2H3. The quantitative estimate of drug-likeness (QED) is 0.231. The summed E-state index contributed by atoms with van der Waals surface area (Å²) in [6, 6.07) is 19.1. The summed E-state index contributed by atoms with van der Waals surface area (Å²) in [5.74, 6) is 0. The predicted molar refractivity (Wildman–Crippen MR) is 150 cm³/mol. The van der Waals surface area contributed by atoms with Gasteiger partial charge in [0.1, 0.15) is 0 Å². The SMILES string of the molecule is CC1=CC(N=C=O)(N=C=O)c2cccc3ccc(-c4ccc5cccc6c5c4C(C)=CC6(N=C=O)N=C=O)c1c23. The molecule has 0 aromatic heterocycles. The monoisotopic (exact) mass is 522 g/mol. The minimum Gasteiger partial charge on any atom is -0.211 e. The van der Waals surface area contributed by atoms with Crippen molar-refractivity contribution in [2.24, 2.45) is 20.0 Å². The summed E-state index contributed by atoms with van der Waals surface area (Å²) in [6.45, 7) is 3.76. The molecule has 0 radical (unpaired) electrons. The van der Waals surface area contributed by atoms with Gasteiger partial charge in [-0.3, -0.25) is 0 Å². The fourth-order valence-electron chi connectivity index (χ4n) is 6.24. The molecule has 0 atom stereocenters. The molecule has 0 fully saturated rings. The fourth-order valence-corrected chi connectivity index (χ4v) is 6.24. The molecule has 8 nitrogen and oxygen atoms in total. The molecule has 4 aromatic rings. The summed E-state index contributed by atoms with van der Waals surface area (Å²) in [5, 5.41) is 3.39. The van der Waals surface area contributed by atoms with Gasteiger partial charge < -0.3 is 0 Å². The van der Waals surface area contributed by atoms with E-state index in [9.17, 15) is 19.2 Å². The minimum atomic E-state index is -1.56. The van der Waals surface area contributed by atoms with Crippen molar-refractivity contribution < 1.29 is 19.2 Å². The molecule has 8 heteroatoms. The molecule has 0 heterocycles. The highest BCUT2D eigenvalue weighted by molar-refractivity contribution is 6.10. The van der Waals surface area contributed by atoms with E-state index < -0.39 is 11.3 Å². The third kappa shape index (κ3) is 3.30. The van der Waals surface area contributed by atoms with Crippen molar-refractivity contribution in [1.29, 1.82) is 0 Å². The summed E-state index contributed by atoms with van der Waals surface area (Å²) in [5.41, 5.74) is 3.16. The van der Waals surface area contributed by atoms with Crippen molar-refractivity contribution in [3.8, 4) is 11.1 Å². The Bertz CT molecular complexity index is 1880. The Morgan fingerprint density at radius 1 is 0.525 bits per heavy atom. The van der Waals surface area contributed by atoms with Gasteiger partial charge in [-0.1, -0.05) is 60.7 Å². The number of aliphatic imine (C=N–C) groups is 4. The summed E-state index contributed by atoms with van der Waals surface area (Å²) in [4.78, 5) is 61.5. The lowest BCUT2D eigenvalue weighted by Gasteiger charge is -2.31. The third-order valence-corrected chi connectivity index (χ3v) is 7.66. The largest absolute Gasteiger partial charge is 0.238 e. The molecule has 0 amide bonds. The van der Waals surface area contributed by atoms with Gasteiger partial charge in [0.05, 0.1) is 0 Å². The van der Waals surface area contributed by atoms with Crippen LogP contribution in [0.4, 0.5) is 0 Å². The lowest BCUT2D eigenvalue weighted by atomic mass is 9.76. The van der Waals surface area contributed by atoms with E-state index in [1.807, 2.05) is 62.4 Å². The van der Waals surface area contributed by atoms with Crippen molar-refractivity contribution in [1.82, 2.24) is 0 Å². The summed E-state index contributed by atoms with van der Waals surface area (Å²) >= 11 is 0. The van der Waals surface area contributed by atoms with Gasteiger partial charge in [0, 0.05) is 11.1 Å². The molecule has 0 spiro atoms. The molecule has 40 heavy (non-hydrogen) atoms. The van der Waals surface area contributed by atoms with Crippen LogP contribution in [0.25, 0.3) is 43.8 Å². The second-order valence-electron chi connectivity index (χ2n) is 9.70. The van der Waals surface area contributed by atoms with Crippen LogP contribution < -0.4 is 0 Å². The van der Waals surface area contributed by atoms with Gasteiger partial charge in [-0.15, -0.1) is 0 Å². The molecule has 0 bridgehead atoms. The number of allylic oxidation sites excluding steroid dienone is 2. The second-order valence-corrected chi connectivity index (χ2v) is 9.70. The van der Waals surface area contributed by atoms with E-state index in [1.165, 1.54) is 0 Å². The lowest BCUT2D eigenvalue weighted by molar-refractivity contribution is 0.525. The Morgan fingerprint density at radius 2 is 0.900 bits per heavy atom. The number of hydrogen-bond donors (Lipinski definition) is 0. The van der Waals surface area contributed by atoms with Crippen LogP contribution >= 0.6 is 0 Å². The molecule has 6 rings (SSSR count). The lowest BCUT2D eigenvalue weighted by Crippen LogP contribution is -2.23. The van der Waals surface area contributed by atoms with E-state index in [-0.39, 0.29) is 0 Å². The first-order valence-electron chi connectivity index (χ1n) is 12.3. The number of nitrogens with zero attached hydrogens (tertiary/aromatic N) is 4. The number of carbonyl (C=O) groups excluding carboxylic acids is 4. The van der Waals surface area contributed by atoms with Gasteiger partial charge in [-0.25, -0.2) is 19.2 Å². The fraction of sp³-hybridized carbons (Fsp3) is 0.125. The molecule has 4 aromatic carbocycles. The maximum Gasteiger partial charge on any atom is 0.238 e. The van der Waals surface area contributed by atoms with Crippen LogP contribution in [0.2, 0.25) is 0 Å². The molecule has 2 aliphatic carbocycles. The highest BCUT2D eigenvalue weighted by Gasteiger charge is 2.39. The van der Waals surface area contributed by atoms with Crippen molar-refractivity contribution in [3.63, 3.8) is 0 Å². The van der Waals surface area contributed by atoms with Crippen LogP contribution in [0.1, 0.15) is 36.1 Å². The maximum absolute atomic E-state index is 11.4. The van der Waals surface area contributed by atoms with Crippen LogP contribution in [-0.4, -0.2) is 24.3 Å². The van der Waals surface area contributed by atoms with Crippen LogP contribution in [0.5, 0.6) is 0 Å². The van der Waals surface area contributed by atoms with Crippen LogP contribution in [0.15, 0.2) is 92.8 Å². The highest BCUT2D eigenvalue weighted by atomic mass is 16.1. The first-order valence-corrected chi connectivity index (χ1v) is 12.3. The smallest absolute Gasteiger partial charge is 0.211 e. The molecule has 0 aliphatic heterocycles. The van der Waals surface area contributed by atoms with Crippen molar-refractivity contribution in [3.05, 3.63) is 95.1 Å². The van der Waals surface area contributed by atoms with E-state index in [4.69, 9.17) is 0 Å². The normalized spacial score (nSPS) is 20.2. The predicted octanol–water partition coefficient (Wildman–Crippen LogP) is 6.14. The average Bonchev–Trinajstić information content (AvgIpc) is 2.94. The number of isocyanates is 4. The Kier molecular flexibility index (Phi) is 5.57. The third-order valence-electron chi connectivity index (χ3n) is 7.66. The Balaban J connectivity index is 1.75. The first kappa shape index (κ1) is 24.7. The first-order chi connectivity index (χ1) is 19.4. The Hall–Kier alpha value is -5.60. The molecule has 0 N–H and O–H groups in total. The molecular formula is C32H18N4O4. The van der Waals surface area contributed by atoms with Crippen molar-refractivity contribution in [2.75, 3.05) is 0 Å². The van der Waals surface area contributed by atoms with Gasteiger partial charge in [0.25, 0.3) is 0 Å². The Morgan fingerprint density at radius 3 is 1.25 bits per heavy atom. The van der Waals surface area contributed by atoms with E-state index in [1.54, 1.807) is 48.6 Å². The van der Waals surface area contributed by atoms with Gasteiger partial charge in [0.15, 0.2) is 0 Å². The van der Waals surface area contributed by atoms with E-state index in [2.05, 4.69) is 20.0 Å². The molecule has 2 aliphatic rings. The summed E-state index contributed by atoms with van der Waals surface area (Å²) in [7, 11) is 0. The summed E-state index contributed by atoms with van der Waals surface area (Å²) in [6.07, 6.45) is 9.62. The van der Waals surface area contributed by atoms with E-state index in [0.717, 1.165) is 54.9 Å². The zero-order valence-electron chi connectivity index (χ0n) is 21.4. The van der Waals surface area contributed by atoms with Crippen molar-refractivity contribution in [2.45, 2.75) is 25.2 Å². The van der Waals surface area contributed by atoms with Crippen LogP contribution in [0, 0.1) is 0 Å². The van der Waals surface area contributed by atoms with Crippen LogP contribution in [-0.2, 0) is 30.5 Å². The minimum absolute atomic E-state index is 0.571. The Labute approximate surface area is 227 Å². The number of rotatable bonds is 5. The van der Waals surface area contributed by atoms with Crippen LogP contribution in [0.3, 0.4) is 0 Å². The zero-order valence-corrected chi connectivity index (χ0v) is 21.4. The van der Waals surface area contributed by atoms with Gasteiger partial charge in [-0.05, 0) is 80.9 Å². The summed E-state index contributed by atoms with van der Waals surface area (Å²) < 4.78 is 0. The molecule has 0 saturated carbocycles. The molecular weight excluding hydrogens is 504 g/mol. The molecule has 0 unspecified atom stereocenters. The number of benzene rings is 4. The van der Waals surface area contributed by atoms with Gasteiger partial charge >= 0.3 is 0 Å². The van der Waals surface area contributed by atoms with Crippen molar-refractivity contribution >= 4 is 57.0 Å². The van der Waals surface area contributed by atoms with E-state index >= 15 is 0 Å². The van der Waals surface area contributed by atoms with E-state index in [0.29, 0.717) is 11.1 Å². The maximum atomic E-state index is 11.4. The second kappa shape index (κ2) is 9.00. The van der Waals surface area contributed by atoms with Gasteiger partial charge in [0.2, 0.25) is 35.6 Å². The molecule has 0 saturated heterocycles. The topological polar surface area (TPSA) is 118 Å². The highest BCUT2D eigenvalue weighted by Crippen LogP contribution is 2.51. The molecule has 190 valence electrons. The van der Waals surface area contributed by atoms with Gasteiger partial charge in [-0.2, -0.15) is 20.0 Å². The average molecular weight is 523 g/mol.